The minimum Gasteiger partial charge on any atom is -0.465 e. The van der Waals surface area contributed by atoms with Gasteiger partial charge in [0.1, 0.15) is 0 Å². The van der Waals surface area contributed by atoms with E-state index in [9.17, 15) is 4.79 Å². The smallest absolute Gasteiger partial charge is 0.316 e. The zero-order valence-electron chi connectivity index (χ0n) is 10.9. The SMILES string of the molecule is CCOC(=O)CSc1cccc(Cl)c1CNC1CC1. The quantitative estimate of drug-likeness (QED) is 0.619. The van der Waals surface area contributed by atoms with Crippen molar-refractivity contribution in [1.29, 1.82) is 0 Å². The van der Waals surface area contributed by atoms with Gasteiger partial charge >= 0.3 is 5.97 Å². The van der Waals surface area contributed by atoms with Gasteiger partial charge in [-0.05, 0) is 37.5 Å². The first-order valence-electron chi connectivity index (χ1n) is 6.50. The van der Waals surface area contributed by atoms with Crippen LogP contribution in [0.3, 0.4) is 0 Å². The Hall–Kier alpha value is -0.710. The number of benzene rings is 1. The standard InChI is InChI=1S/C14H18ClNO2S/c1-2-18-14(17)9-19-13-5-3-4-12(15)11(13)8-16-10-6-7-10/h3-5,10,16H,2,6-9H2,1H3. The molecule has 0 radical (unpaired) electrons. The molecule has 0 unspecified atom stereocenters. The van der Waals surface area contributed by atoms with E-state index in [0.29, 0.717) is 18.4 Å². The lowest BCUT2D eigenvalue weighted by Crippen LogP contribution is -2.16. The molecule has 1 aliphatic carbocycles. The van der Waals surface area contributed by atoms with Crippen molar-refractivity contribution in [3.05, 3.63) is 28.8 Å². The van der Waals surface area contributed by atoms with Gasteiger partial charge in [-0.25, -0.2) is 0 Å². The van der Waals surface area contributed by atoms with Gasteiger partial charge in [-0.15, -0.1) is 11.8 Å². The molecule has 1 aromatic rings. The van der Waals surface area contributed by atoms with Gasteiger partial charge in [-0.2, -0.15) is 0 Å². The van der Waals surface area contributed by atoms with Crippen LogP contribution in [0.1, 0.15) is 25.3 Å². The highest BCUT2D eigenvalue weighted by Crippen LogP contribution is 2.29. The van der Waals surface area contributed by atoms with E-state index in [2.05, 4.69) is 5.32 Å². The largest absolute Gasteiger partial charge is 0.465 e. The zero-order chi connectivity index (χ0) is 13.7. The number of hydrogen-bond acceptors (Lipinski definition) is 4. The average molecular weight is 300 g/mol. The van der Waals surface area contributed by atoms with Crippen LogP contribution in [0.25, 0.3) is 0 Å². The second-order valence-corrected chi connectivity index (χ2v) is 5.89. The average Bonchev–Trinajstić information content (AvgIpc) is 3.19. The van der Waals surface area contributed by atoms with Crippen LogP contribution >= 0.6 is 23.4 Å². The number of carbonyl (C=O) groups excluding carboxylic acids is 1. The molecule has 1 saturated carbocycles. The third-order valence-corrected chi connectivity index (χ3v) is 4.30. The highest BCUT2D eigenvalue weighted by Gasteiger charge is 2.21. The molecule has 0 heterocycles. The van der Waals surface area contributed by atoms with Crippen LogP contribution in [-0.2, 0) is 16.1 Å². The monoisotopic (exact) mass is 299 g/mol. The van der Waals surface area contributed by atoms with Crippen LogP contribution in [0.4, 0.5) is 0 Å². The second kappa shape index (κ2) is 7.17. The Morgan fingerprint density at radius 1 is 1.53 bits per heavy atom. The van der Waals surface area contributed by atoms with Gasteiger partial charge in [0.05, 0.1) is 12.4 Å². The minimum atomic E-state index is -0.187. The van der Waals surface area contributed by atoms with Crippen molar-refractivity contribution >= 4 is 29.3 Å². The molecule has 0 aromatic heterocycles. The summed E-state index contributed by atoms with van der Waals surface area (Å²) in [5, 5.41) is 4.20. The maximum Gasteiger partial charge on any atom is 0.316 e. The number of carbonyl (C=O) groups is 1. The fourth-order valence-corrected chi connectivity index (χ4v) is 2.90. The molecule has 1 N–H and O–H groups in total. The summed E-state index contributed by atoms with van der Waals surface area (Å²) in [7, 11) is 0. The molecule has 0 spiro atoms. The van der Waals surface area contributed by atoms with Crippen molar-refractivity contribution in [2.24, 2.45) is 0 Å². The summed E-state index contributed by atoms with van der Waals surface area (Å²) in [6.07, 6.45) is 2.49. The number of nitrogens with one attached hydrogen (secondary N) is 1. The normalized spacial score (nSPS) is 14.4. The molecule has 2 rings (SSSR count). The van der Waals surface area contributed by atoms with Gasteiger partial charge in [0.2, 0.25) is 0 Å². The maximum absolute atomic E-state index is 11.4. The van der Waals surface area contributed by atoms with Gasteiger partial charge in [0.15, 0.2) is 0 Å². The first kappa shape index (κ1) is 14.7. The molecule has 19 heavy (non-hydrogen) atoms. The van der Waals surface area contributed by atoms with E-state index in [1.807, 2.05) is 25.1 Å². The summed E-state index contributed by atoms with van der Waals surface area (Å²) < 4.78 is 4.93. The van der Waals surface area contributed by atoms with Crippen LogP contribution in [0, 0.1) is 0 Å². The molecule has 1 fully saturated rings. The summed E-state index contributed by atoms with van der Waals surface area (Å²) in [4.78, 5) is 12.4. The summed E-state index contributed by atoms with van der Waals surface area (Å²) in [6, 6.07) is 6.44. The predicted molar refractivity (Wildman–Crippen MR) is 78.7 cm³/mol. The Morgan fingerprint density at radius 3 is 3.00 bits per heavy atom. The lowest BCUT2D eigenvalue weighted by Gasteiger charge is -2.11. The first-order chi connectivity index (χ1) is 9.20. The lowest BCUT2D eigenvalue weighted by molar-refractivity contribution is -0.139. The van der Waals surface area contributed by atoms with Gasteiger partial charge in [0.25, 0.3) is 0 Å². The lowest BCUT2D eigenvalue weighted by atomic mass is 10.2. The third kappa shape index (κ3) is 4.71. The van der Waals surface area contributed by atoms with Crippen LogP contribution in [0.15, 0.2) is 23.1 Å². The number of hydrogen-bond donors (Lipinski definition) is 1. The molecule has 0 amide bonds. The van der Waals surface area contributed by atoms with E-state index < -0.39 is 0 Å². The van der Waals surface area contributed by atoms with Crippen LogP contribution < -0.4 is 5.32 Å². The third-order valence-electron chi connectivity index (χ3n) is 2.87. The molecule has 1 aliphatic rings. The predicted octanol–water partition coefficient (Wildman–Crippen LogP) is 3.25. The van der Waals surface area contributed by atoms with E-state index in [-0.39, 0.29) is 5.97 Å². The van der Waals surface area contributed by atoms with E-state index >= 15 is 0 Å². The Bertz CT molecular complexity index is 449. The maximum atomic E-state index is 11.4. The Labute approximate surface area is 123 Å². The van der Waals surface area contributed by atoms with Gasteiger partial charge < -0.3 is 10.1 Å². The van der Waals surface area contributed by atoms with Crippen molar-refractivity contribution in [2.45, 2.75) is 37.2 Å². The molecular weight excluding hydrogens is 282 g/mol. The van der Waals surface area contributed by atoms with Crippen molar-refractivity contribution in [3.63, 3.8) is 0 Å². The first-order valence-corrected chi connectivity index (χ1v) is 7.86. The number of esters is 1. The van der Waals surface area contributed by atoms with E-state index in [1.165, 1.54) is 24.6 Å². The number of ether oxygens (including phenoxy) is 1. The fraction of sp³-hybridized carbons (Fsp3) is 0.500. The van der Waals surface area contributed by atoms with Crippen molar-refractivity contribution in [3.8, 4) is 0 Å². The number of thioether (sulfide) groups is 1. The van der Waals surface area contributed by atoms with E-state index in [1.54, 1.807) is 0 Å². The molecule has 0 atom stereocenters. The van der Waals surface area contributed by atoms with Crippen LogP contribution in [0.5, 0.6) is 0 Å². The molecule has 5 heteroatoms. The Morgan fingerprint density at radius 2 is 2.32 bits per heavy atom. The summed E-state index contributed by atoms with van der Waals surface area (Å²) in [6.45, 7) is 2.99. The van der Waals surface area contributed by atoms with Crippen molar-refractivity contribution < 1.29 is 9.53 Å². The topological polar surface area (TPSA) is 38.3 Å². The summed E-state index contributed by atoms with van der Waals surface area (Å²) >= 11 is 7.72. The van der Waals surface area contributed by atoms with E-state index in [0.717, 1.165) is 22.0 Å². The zero-order valence-corrected chi connectivity index (χ0v) is 12.5. The Kier molecular flexibility index (Phi) is 5.55. The van der Waals surface area contributed by atoms with Gasteiger partial charge in [0, 0.05) is 22.5 Å². The fourth-order valence-electron chi connectivity index (χ4n) is 1.72. The van der Waals surface area contributed by atoms with E-state index in [4.69, 9.17) is 16.3 Å². The van der Waals surface area contributed by atoms with Crippen molar-refractivity contribution in [2.75, 3.05) is 12.4 Å². The molecule has 0 aliphatic heterocycles. The molecule has 0 saturated heterocycles. The van der Waals surface area contributed by atoms with Gasteiger partial charge in [-0.1, -0.05) is 17.7 Å². The minimum absolute atomic E-state index is 0.187. The second-order valence-electron chi connectivity index (χ2n) is 4.47. The summed E-state index contributed by atoms with van der Waals surface area (Å²) in [5.41, 5.74) is 1.07. The number of halogens is 1. The molecule has 3 nitrogen and oxygen atoms in total. The molecule has 104 valence electrons. The summed E-state index contributed by atoms with van der Waals surface area (Å²) in [5.74, 6) is 0.138. The highest BCUT2D eigenvalue weighted by molar-refractivity contribution is 8.00. The van der Waals surface area contributed by atoms with Crippen LogP contribution in [-0.4, -0.2) is 24.4 Å². The Balaban J connectivity index is 1.97. The number of rotatable bonds is 7. The molecule has 1 aromatic carbocycles. The highest BCUT2D eigenvalue weighted by atomic mass is 35.5. The van der Waals surface area contributed by atoms with Gasteiger partial charge in [-0.3, -0.25) is 4.79 Å². The van der Waals surface area contributed by atoms with Crippen LogP contribution in [0.2, 0.25) is 5.02 Å². The van der Waals surface area contributed by atoms with Crippen molar-refractivity contribution in [1.82, 2.24) is 5.32 Å². The molecular formula is C14H18ClNO2S. The molecule has 0 bridgehead atoms.